The number of nitrogens with one attached hydrogen (secondary N) is 1. The number of ether oxygens (including phenoxy) is 4. The lowest BCUT2D eigenvalue weighted by Gasteiger charge is -2.26. The highest BCUT2D eigenvalue weighted by Gasteiger charge is 2.32. The van der Waals surface area contributed by atoms with Crippen molar-refractivity contribution >= 4 is 5.97 Å². The Labute approximate surface area is 210 Å². The molecule has 0 aliphatic carbocycles. The van der Waals surface area contributed by atoms with Crippen molar-refractivity contribution in [2.75, 3.05) is 27.4 Å². The monoisotopic (exact) mass is 510 g/mol. The van der Waals surface area contributed by atoms with Crippen LogP contribution in [0.25, 0.3) is 0 Å². The molecular weight excluding hydrogens is 474 g/mol. The first kappa shape index (κ1) is 29.4. The summed E-state index contributed by atoms with van der Waals surface area (Å²) >= 11 is 0. The molecule has 0 radical (unpaired) electrons. The van der Waals surface area contributed by atoms with Crippen LogP contribution in [0.4, 0.5) is 8.78 Å². The third kappa shape index (κ3) is 7.84. The van der Waals surface area contributed by atoms with Crippen LogP contribution in [-0.4, -0.2) is 56.6 Å². The van der Waals surface area contributed by atoms with E-state index in [1.807, 2.05) is 30.3 Å². The van der Waals surface area contributed by atoms with E-state index in [0.717, 1.165) is 5.56 Å². The molecule has 0 fully saturated rings. The maximum atomic E-state index is 15.5. The molecular formula is C26H36F2N2O6. The van der Waals surface area contributed by atoms with E-state index in [9.17, 15) is 14.0 Å². The standard InChI is InChI=1S/C26H36F2N2O6/c1-6-35-25-23(26(32)36-7-2)30(16-21(33-4)34-5)15-19(24(25)31)22(20(28)13-17(3)27)29-14-18-11-9-8-10-12-18/h8-12,15,17,20-22,29H,6-7,13-14,16H2,1-5H3. The largest absolute Gasteiger partial charge is 0.488 e. The molecule has 36 heavy (non-hydrogen) atoms. The van der Waals surface area contributed by atoms with E-state index >= 15 is 4.39 Å². The second kappa shape index (κ2) is 14.7. The predicted molar refractivity (Wildman–Crippen MR) is 132 cm³/mol. The second-order valence-corrected chi connectivity index (χ2v) is 8.17. The van der Waals surface area contributed by atoms with Gasteiger partial charge >= 0.3 is 5.97 Å². The van der Waals surface area contributed by atoms with Crippen LogP contribution < -0.4 is 15.5 Å². The van der Waals surface area contributed by atoms with Crippen LogP contribution in [0.2, 0.25) is 0 Å². The number of alkyl halides is 2. The van der Waals surface area contributed by atoms with Crippen LogP contribution in [-0.2, 0) is 27.3 Å². The first-order valence-corrected chi connectivity index (χ1v) is 11.9. The summed E-state index contributed by atoms with van der Waals surface area (Å²) in [4.78, 5) is 26.5. The van der Waals surface area contributed by atoms with Crippen molar-refractivity contribution in [3.05, 3.63) is 63.6 Å². The zero-order valence-corrected chi connectivity index (χ0v) is 21.5. The predicted octanol–water partition coefficient (Wildman–Crippen LogP) is 3.96. The fraction of sp³-hybridized carbons (Fsp3) is 0.538. The molecule has 2 rings (SSSR count). The van der Waals surface area contributed by atoms with Crippen LogP contribution >= 0.6 is 0 Å². The molecule has 2 aromatic rings. The lowest BCUT2D eigenvalue weighted by molar-refractivity contribution is -0.111. The maximum Gasteiger partial charge on any atom is 0.359 e. The zero-order valence-electron chi connectivity index (χ0n) is 21.5. The number of methoxy groups -OCH3 is 2. The van der Waals surface area contributed by atoms with Gasteiger partial charge in [0.1, 0.15) is 12.3 Å². The average molecular weight is 511 g/mol. The lowest BCUT2D eigenvalue weighted by Crippen LogP contribution is -2.37. The molecule has 10 heteroatoms. The van der Waals surface area contributed by atoms with Crippen LogP contribution in [0.5, 0.6) is 5.75 Å². The van der Waals surface area contributed by atoms with Crippen molar-refractivity contribution in [2.24, 2.45) is 0 Å². The number of pyridine rings is 1. The van der Waals surface area contributed by atoms with Gasteiger partial charge in [0.2, 0.25) is 5.43 Å². The first-order valence-electron chi connectivity index (χ1n) is 11.9. The summed E-state index contributed by atoms with van der Waals surface area (Å²) in [5, 5.41) is 3.06. The quantitative estimate of drug-likeness (QED) is 0.287. The molecule has 0 amide bonds. The van der Waals surface area contributed by atoms with Gasteiger partial charge in [-0.2, -0.15) is 0 Å². The minimum Gasteiger partial charge on any atom is -0.488 e. The van der Waals surface area contributed by atoms with Gasteiger partial charge in [-0.15, -0.1) is 0 Å². The molecule has 200 valence electrons. The van der Waals surface area contributed by atoms with Gasteiger partial charge in [-0.05, 0) is 26.3 Å². The molecule has 3 atom stereocenters. The Morgan fingerprint density at radius 2 is 1.75 bits per heavy atom. The van der Waals surface area contributed by atoms with Crippen molar-refractivity contribution in [3.8, 4) is 5.75 Å². The van der Waals surface area contributed by atoms with Crippen LogP contribution in [0, 0.1) is 0 Å². The van der Waals surface area contributed by atoms with Gasteiger partial charge in [-0.25, -0.2) is 13.6 Å². The van der Waals surface area contributed by atoms with Gasteiger partial charge in [0, 0.05) is 38.9 Å². The van der Waals surface area contributed by atoms with Gasteiger partial charge in [0.05, 0.1) is 25.8 Å². The summed E-state index contributed by atoms with van der Waals surface area (Å²) in [7, 11) is 2.85. The third-order valence-corrected chi connectivity index (χ3v) is 5.51. The Hall–Kier alpha value is -2.82. The second-order valence-electron chi connectivity index (χ2n) is 8.17. The molecule has 0 bridgehead atoms. The van der Waals surface area contributed by atoms with E-state index in [1.165, 1.54) is 31.9 Å². The maximum absolute atomic E-state index is 15.5. The zero-order chi connectivity index (χ0) is 26.7. The van der Waals surface area contributed by atoms with Gasteiger partial charge in [-0.3, -0.25) is 4.79 Å². The molecule has 0 aliphatic rings. The molecule has 8 nitrogen and oxygen atoms in total. The highest BCUT2D eigenvalue weighted by Crippen LogP contribution is 2.27. The fourth-order valence-electron chi connectivity index (χ4n) is 3.82. The van der Waals surface area contributed by atoms with E-state index in [0.29, 0.717) is 0 Å². The summed E-state index contributed by atoms with van der Waals surface area (Å²) in [5.41, 5.74) is 0.0294. The van der Waals surface area contributed by atoms with Gasteiger partial charge < -0.3 is 28.8 Å². The molecule has 0 saturated heterocycles. The highest BCUT2D eigenvalue weighted by molar-refractivity contribution is 5.90. The van der Waals surface area contributed by atoms with E-state index in [1.54, 1.807) is 13.8 Å². The van der Waals surface area contributed by atoms with Crippen molar-refractivity contribution in [2.45, 2.75) is 65.0 Å². The van der Waals surface area contributed by atoms with Crippen molar-refractivity contribution < 1.29 is 32.5 Å². The molecule has 0 aliphatic heterocycles. The molecule has 3 unspecified atom stereocenters. The topological polar surface area (TPSA) is 88.0 Å². The summed E-state index contributed by atoms with van der Waals surface area (Å²) in [5.74, 6) is -1.05. The van der Waals surface area contributed by atoms with E-state index < -0.39 is 42.5 Å². The molecule has 1 heterocycles. The Kier molecular flexibility index (Phi) is 12.0. The number of halogens is 2. The van der Waals surface area contributed by atoms with E-state index in [4.69, 9.17) is 18.9 Å². The number of carbonyl (C=O) groups excluding carboxylic acids is 1. The van der Waals surface area contributed by atoms with E-state index in [2.05, 4.69) is 5.32 Å². The van der Waals surface area contributed by atoms with Crippen molar-refractivity contribution in [1.29, 1.82) is 0 Å². The normalized spacial score (nSPS) is 13.9. The average Bonchev–Trinajstić information content (AvgIpc) is 2.85. The molecule has 0 spiro atoms. The lowest BCUT2D eigenvalue weighted by atomic mass is 9.98. The number of hydrogen-bond acceptors (Lipinski definition) is 7. The number of hydrogen-bond donors (Lipinski definition) is 1. The van der Waals surface area contributed by atoms with Crippen LogP contribution in [0.1, 0.15) is 54.8 Å². The Balaban J connectivity index is 2.69. The number of carbonyl (C=O) groups is 1. The number of rotatable bonds is 15. The van der Waals surface area contributed by atoms with Crippen LogP contribution in [0.15, 0.2) is 41.3 Å². The summed E-state index contributed by atoms with van der Waals surface area (Å²) in [6, 6.07) is 8.06. The number of esters is 1. The van der Waals surface area contributed by atoms with Crippen LogP contribution in [0.3, 0.4) is 0 Å². The Morgan fingerprint density at radius 3 is 2.31 bits per heavy atom. The minimum absolute atomic E-state index is 0.0125. The number of benzene rings is 1. The van der Waals surface area contributed by atoms with Gasteiger partial charge in [0.15, 0.2) is 17.7 Å². The summed E-state index contributed by atoms with van der Waals surface area (Å²) in [6.07, 6.45) is -3.02. The molecule has 1 aromatic carbocycles. The fourth-order valence-corrected chi connectivity index (χ4v) is 3.82. The number of aromatic nitrogens is 1. The van der Waals surface area contributed by atoms with Gasteiger partial charge in [-0.1, -0.05) is 30.3 Å². The first-order chi connectivity index (χ1) is 17.3. The third-order valence-electron chi connectivity index (χ3n) is 5.51. The van der Waals surface area contributed by atoms with Crippen molar-refractivity contribution in [1.82, 2.24) is 9.88 Å². The van der Waals surface area contributed by atoms with E-state index in [-0.39, 0.29) is 43.3 Å². The number of nitrogens with zero attached hydrogens (tertiary/aromatic N) is 1. The highest BCUT2D eigenvalue weighted by atomic mass is 19.1. The molecule has 1 N–H and O–H groups in total. The molecule has 0 saturated carbocycles. The summed E-state index contributed by atoms with van der Waals surface area (Å²) in [6.45, 7) is 4.91. The van der Waals surface area contributed by atoms with Crippen molar-refractivity contribution in [3.63, 3.8) is 0 Å². The minimum atomic E-state index is -1.74. The Morgan fingerprint density at radius 1 is 1.08 bits per heavy atom. The SMILES string of the molecule is CCOC(=O)c1c(OCC)c(=O)c(C(NCc2ccccc2)C(F)CC(C)F)cn1CC(OC)OC. The Bertz CT molecular complexity index is 1010. The smallest absolute Gasteiger partial charge is 0.359 e. The van der Waals surface area contributed by atoms with Gasteiger partial charge in [0.25, 0.3) is 0 Å². The molecule has 1 aromatic heterocycles. The summed E-state index contributed by atoms with van der Waals surface area (Å²) < 4.78 is 52.0.